The summed E-state index contributed by atoms with van der Waals surface area (Å²) in [6, 6.07) is 6.52. The maximum absolute atomic E-state index is 12.6. The quantitative estimate of drug-likeness (QED) is 0.481. The lowest BCUT2D eigenvalue weighted by molar-refractivity contribution is -0.129. The highest BCUT2D eigenvalue weighted by Gasteiger charge is 2.20. The topological polar surface area (TPSA) is 49.3 Å². The van der Waals surface area contributed by atoms with Gasteiger partial charge in [0.1, 0.15) is 16.2 Å². The standard InChI is InChI=1S/C21H24N4OS2/c1-14-4-5-16(10-15(14)2)17-11-27-20-19(17)21(23-13-22-20)28-12-18(26)25-8-6-24(3)7-9-25/h4-5,10-11,13H,6-9,12H2,1-3H3. The lowest BCUT2D eigenvalue weighted by atomic mass is 10.0. The number of thioether (sulfide) groups is 1. The number of rotatable bonds is 4. The highest BCUT2D eigenvalue weighted by atomic mass is 32.2. The van der Waals surface area contributed by atoms with Gasteiger partial charge in [0.15, 0.2) is 0 Å². The van der Waals surface area contributed by atoms with Gasteiger partial charge in [-0.2, -0.15) is 0 Å². The lowest BCUT2D eigenvalue weighted by Gasteiger charge is -2.32. The molecule has 0 bridgehead atoms. The zero-order chi connectivity index (χ0) is 19.7. The van der Waals surface area contributed by atoms with Crippen LogP contribution in [-0.2, 0) is 4.79 Å². The Kier molecular flexibility index (Phi) is 5.66. The number of hydrogen-bond acceptors (Lipinski definition) is 6. The smallest absolute Gasteiger partial charge is 0.233 e. The Morgan fingerprint density at radius 1 is 1.14 bits per heavy atom. The average Bonchev–Trinajstić information content (AvgIpc) is 3.13. The Labute approximate surface area is 173 Å². The van der Waals surface area contributed by atoms with Crippen LogP contribution < -0.4 is 0 Å². The summed E-state index contributed by atoms with van der Waals surface area (Å²) in [6.45, 7) is 7.75. The SMILES string of the molecule is Cc1ccc(-c2csc3ncnc(SCC(=O)N4CCN(C)CC4)c23)cc1C. The van der Waals surface area contributed by atoms with Crippen molar-refractivity contribution in [2.45, 2.75) is 18.9 Å². The van der Waals surface area contributed by atoms with Crippen molar-refractivity contribution in [3.8, 4) is 11.1 Å². The van der Waals surface area contributed by atoms with Crippen molar-refractivity contribution in [2.75, 3.05) is 39.0 Å². The zero-order valence-electron chi connectivity index (χ0n) is 16.4. The van der Waals surface area contributed by atoms with Crippen LogP contribution in [0.4, 0.5) is 0 Å². The second kappa shape index (κ2) is 8.19. The Morgan fingerprint density at radius 2 is 1.93 bits per heavy atom. The second-order valence-electron chi connectivity index (χ2n) is 7.28. The molecule has 1 fully saturated rings. The fourth-order valence-electron chi connectivity index (χ4n) is 3.36. The summed E-state index contributed by atoms with van der Waals surface area (Å²) in [5, 5.41) is 4.10. The van der Waals surface area contributed by atoms with E-state index in [-0.39, 0.29) is 5.91 Å². The van der Waals surface area contributed by atoms with Crippen molar-refractivity contribution in [2.24, 2.45) is 0 Å². The number of fused-ring (bicyclic) bond motifs is 1. The van der Waals surface area contributed by atoms with Crippen molar-refractivity contribution in [1.82, 2.24) is 19.8 Å². The van der Waals surface area contributed by atoms with Gasteiger partial charge >= 0.3 is 0 Å². The Bertz CT molecular complexity index is 1010. The number of amides is 1. The lowest BCUT2D eigenvalue weighted by Crippen LogP contribution is -2.47. The molecule has 0 radical (unpaired) electrons. The van der Waals surface area contributed by atoms with E-state index in [1.165, 1.54) is 28.5 Å². The van der Waals surface area contributed by atoms with Crippen LogP contribution in [0.25, 0.3) is 21.3 Å². The molecular formula is C21H24N4OS2. The predicted octanol–water partition coefficient (Wildman–Crippen LogP) is 3.84. The number of carbonyl (C=O) groups excluding carboxylic acids is 1. The van der Waals surface area contributed by atoms with Crippen LogP contribution in [-0.4, -0.2) is 64.7 Å². The molecule has 1 aromatic carbocycles. The summed E-state index contributed by atoms with van der Waals surface area (Å²) >= 11 is 3.15. The number of piperazine rings is 1. The summed E-state index contributed by atoms with van der Waals surface area (Å²) in [7, 11) is 2.10. The van der Waals surface area contributed by atoms with E-state index >= 15 is 0 Å². The van der Waals surface area contributed by atoms with Crippen molar-refractivity contribution >= 4 is 39.2 Å². The molecule has 2 aromatic heterocycles. The number of nitrogens with zero attached hydrogens (tertiary/aromatic N) is 4. The van der Waals surface area contributed by atoms with Gasteiger partial charge in [0.2, 0.25) is 5.91 Å². The van der Waals surface area contributed by atoms with Crippen molar-refractivity contribution in [3.05, 3.63) is 41.0 Å². The Balaban J connectivity index is 1.58. The predicted molar refractivity (Wildman–Crippen MR) is 117 cm³/mol. The van der Waals surface area contributed by atoms with Gasteiger partial charge in [0.05, 0.1) is 11.1 Å². The zero-order valence-corrected chi connectivity index (χ0v) is 18.1. The third-order valence-electron chi connectivity index (χ3n) is 5.34. The fraction of sp³-hybridized carbons (Fsp3) is 0.381. The molecule has 1 amide bonds. The highest BCUT2D eigenvalue weighted by Crippen LogP contribution is 2.38. The number of likely N-dealkylation sites (N-methyl/N-ethyl adjacent to an activating group) is 1. The third-order valence-corrected chi connectivity index (χ3v) is 7.20. The van der Waals surface area contributed by atoms with Crippen molar-refractivity contribution in [1.29, 1.82) is 0 Å². The molecule has 0 N–H and O–H groups in total. The van der Waals surface area contributed by atoms with E-state index < -0.39 is 0 Å². The van der Waals surface area contributed by atoms with E-state index in [9.17, 15) is 4.79 Å². The Hall–Kier alpha value is -1.96. The van der Waals surface area contributed by atoms with Crippen molar-refractivity contribution < 1.29 is 4.79 Å². The molecule has 3 heterocycles. The molecule has 0 unspecified atom stereocenters. The number of aryl methyl sites for hydroxylation is 2. The van der Waals surface area contributed by atoms with Gasteiger partial charge in [-0.25, -0.2) is 9.97 Å². The molecule has 146 valence electrons. The second-order valence-corrected chi connectivity index (χ2v) is 9.10. The van der Waals surface area contributed by atoms with Gasteiger partial charge < -0.3 is 9.80 Å². The minimum atomic E-state index is 0.188. The van der Waals surface area contributed by atoms with Gasteiger partial charge in [0.25, 0.3) is 0 Å². The van der Waals surface area contributed by atoms with Gasteiger partial charge in [-0.1, -0.05) is 30.0 Å². The molecular weight excluding hydrogens is 388 g/mol. The number of hydrogen-bond donors (Lipinski definition) is 0. The summed E-state index contributed by atoms with van der Waals surface area (Å²) in [5.74, 6) is 0.603. The molecule has 1 aliphatic rings. The molecule has 0 saturated carbocycles. The first-order valence-corrected chi connectivity index (χ1v) is 11.3. The maximum atomic E-state index is 12.6. The van der Waals surface area contributed by atoms with Gasteiger partial charge in [-0.3, -0.25) is 4.79 Å². The first-order valence-electron chi connectivity index (χ1n) is 9.42. The molecule has 28 heavy (non-hydrogen) atoms. The van der Waals surface area contributed by atoms with Crippen molar-refractivity contribution in [3.63, 3.8) is 0 Å². The van der Waals surface area contributed by atoms with E-state index in [2.05, 4.69) is 59.3 Å². The summed E-state index contributed by atoms with van der Waals surface area (Å²) in [4.78, 5) is 26.8. The Morgan fingerprint density at radius 3 is 2.68 bits per heavy atom. The highest BCUT2D eigenvalue weighted by molar-refractivity contribution is 8.00. The van der Waals surface area contributed by atoms with Crippen LogP contribution in [0.3, 0.4) is 0 Å². The first kappa shape index (κ1) is 19.4. The minimum absolute atomic E-state index is 0.188. The van der Waals surface area contributed by atoms with E-state index in [0.717, 1.165) is 47.0 Å². The van der Waals surface area contributed by atoms with Gasteiger partial charge in [-0.05, 0) is 37.6 Å². The van der Waals surface area contributed by atoms with Gasteiger partial charge in [-0.15, -0.1) is 11.3 Å². The molecule has 1 aliphatic heterocycles. The van der Waals surface area contributed by atoms with E-state index in [0.29, 0.717) is 5.75 Å². The number of thiophene rings is 1. The van der Waals surface area contributed by atoms with Crippen LogP contribution in [0.5, 0.6) is 0 Å². The first-order chi connectivity index (χ1) is 13.5. The third kappa shape index (κ3) is 3.92. The maximum Gasteiger partial charge on any atom is 0.233 e. The average molecular weight is 413 g/mol. The van der Waals surface area contributed by atoms with Crippen LogP contribution in [0.1, 0.15) is 11.1 Å². The summed E-state index contributed by atoms with van der Waals surface area (Å²) in [5.41, 5.74) is 4.88. The van der Waals surface area contributed by atoms with Crippen LogP contribution in [0.2, 0.25) is 0 Å². The molecule has 3 aromatic rings. The van der Waals surface area contributed by atoms with E-state index in [1.807, 2.05) is 4.90 Å². The largest absolute Gasteiger partial charge is 0.339 e. The molecule has 0 aliphatic carbocycles. The van der Waals surface area contributed by atoms with E-state index in [1.54, 1.807) is 17.7 Å². The number of benzene rings is 1. The minimum Gasteiger partial charge on any atom is -0.339 e. The molecule has 1 saturated heterocycles. The number of aromatic nitrogens is 2. The van der Waals surface area contributed by atoms with Crippen LogP contribution >= 0.6 is 23.1 Å². The summed E-state index contributed by atoms with van der Waals surface area (Å²) < 4.78 is 0. The monoisotopic (exact) mass is 412 g/mol. The molecule has 4 rings (SSSR count). The number of carbonyl (C=O) groups is 1. The normalized spacial score (nSPS) is 15.3. The van der Waals surface area contributed by atoms with Gasteiger partial charge in [0, 0.05) is 37.1 Å². The van der Waals surface area contributed by atoms with Crippen LogP contribution in [0, 0.1) is 13.8 Å². The molecule has 0 atom stereocenters. The molecule has 7 heteroatoms. The summed E-state index contributed by atoms with van der Waals surface area (Å²) in [6.07, 6.45) is 1.60. The van der Waals surface area contributed by atoms with E-state index in [4.69, 9.17) is 0 Å². The fourth-order valence-corrected chi connectivity index (χ4v) is 5.25. The van der Waals surface area contributed by atoms with Crippen LogP contribution in [0.15, 0.2) is 34.9 Å². The molecule has 0 spiro atoms. The molecule has 5 nitrogen and oxygen atoms in total.